The number of benzene rings is 1. The van der Waals surface area contributed by atoms with E-state index in [4.69, 9.17) is 5.11 Å². The van der Waals surface area contributed by atoms with Crippen molar-refractivity contribution in [3.63, 3.8) is 0 Å². The summed E-state index contributed by atoms with van der Waals surface area (Å²) in [6, 6.07) is 6.51. The Morgan fingerprint density at radius 1 is 1.16 bits per heavy atom. The van der Waals surface area contributed by atoms with Gasteiger partial charge in [0.15, 0.2) is 0 Å². The summed E-state index contributed by atoms with van der Waals surface area (Å²) >= 11 is 0. The molecule has 2 N–H and O–H groups in total. The van der Waals surface area contributed by atoms with E-state index < -0.39 is 18.3 Å². The number of aryl methyl sites for hydroxylation is 2. The van der Waals surface area contributed by atoms with Gasteiger partial charge in [-0.3, -0.25) is 9.59 Å². The van der Waals surface area contributed by atoms with Crippen molar-refractivity contribution in [1.82, 2.24) is 5.32 Å². The minimum atomic E-state index is -1.09. The zero-order chi connectivity index (χ0) is 13.7. The molecule has 0 saturated heterocycles. The summed E-state index contributed by atoms with van der Waals surface area (Å²) in [7, 11) is 0. The lowest BCUT2D eigenvalue weighted by Gasteiger charge is -2.16. The molecule has 102 valence electrons. The van der Waals surface area contributed by atoms with Crippen LogP contribution >= 0.6 is 0 Å². The molecule has 0 saturated carbocycles. The van der Waals surface area contributed by atoms with E-state index in [1.54, 1.807) is 0 Å². The molecule has 1 aromatic rings. The molecule has 0 radical (unpaired) electrons. The SMILES string of the molecule is O=C(O)CC(=O)NCCc1ccc2c(c1)CCCC2. The number of carboxylic acids is 1. The van der Waals surface area contributed by atoms with Crippen LogP contribution in [0.4, 0.5) is 0 Å². The van der Waals surface area contributed by atoms with Crippen LogP contribution in [0.2, 0.25) is 0 Å². The summed E-state index contributed by atoms with van der Waals surface area (Å²) < 4.78 is 0. The zero-order valence-electron chi connectivity index (χ0n) is 10.9. The number of carbonyl (C=O) groups excluding carboxylic acids is 1. The number of hydrogen-bond acceptors (Lipinski definition) is 2. The van der Waals surface area contributed by atoms with Crippen molar-refractivity contribution in [2.24, 2.45) is 0 Å². The number of carbonyl (C=O) groups is 2. The van der Waals surface area contributed by atoms with Gasteiger partial charge in [0.25, 0.3) is 0 Å². The minimum absolute atomic E-state index is 0.425. The normalized spacial score (nSPS) is 13.7. The first kappa shape index (κ1) is 13.6. The standard InChI is InChI=1S/C15H19NO3/c17-14(10-15(18)19)16-8-7-11-5-6-12-3-1-2-4-13(12)9-11/h5-6,9H,1-4,7-8,10H2,(H,16,17)(H,18,19). The van der Waals surface area contributed by atoms with Gasteiger partial charge in [-0.15, -0.1) is 0 Å². The summed E-state index contributed by atoms with van der Waals surface area (Å²) in [5.41, 5.74) is 4.09. The topological polar surface area (TPSA) is 66.4 Å². The molecule has 0 aliphatic heterocycles. The van der Waals surface area contributed by atoms with Gasteiger partial charge in [0, 0.05) is 6.54 Å². The Labute approximate surface area is 112 Å². The van der Waals surface area contributed by atoms with E-state index in [0.717, 1.165) is 12.8 Å². The molecule has 1 amide bonds. The van der Waals surface area contributed by atoms with E-state index >= 15 is 0 Å². The molecule has 1 aromatic carbocycles. The van der Waals surface area contributed by atoms with E-state index in [9.17, 15) is 9.59 Å². The molecule has 4 nitrogen and oxygen atoms in total. The Hall–Kier alpha value is -1.84. The van der Waals surface area contributed by atoms with Gasteiger partial charge in [-0.05, 0) is 48.8 Å². The second-order valence-corrected chi connectivity index (χ2v) is 4.98. The second-order valence-electron chi connectivity index (χ2n) is 4.98. The van der Waals surface area contributed by atoms with E-state index in [-0.39, 0.29) is 0 Å². The lowest BCUT2D eigenvalue weighted by atomic mass is 9.90. The molecule has 0 fully saturated rings. The largest absolute Gasteiger partial charge is 0.481 e. The van der Waals surface area contributed by atoms with Gasteiger partial charge in [-0.1, -0.05) is 18.2 Å². The minimum Gasteiger partial charge on any atom is -0.481 e. The van der Waals surface area contributed by atoms with Crippen molar-refractivity contribution < 1.29 is 14.7 Å². The van der Waals surface area contributed by atoms with E-state index in [0.29, 0.717) is 6.54 Å². The molecule has 2 rings (SSSR count). The van der Waals surface area contributed by atoms with Crippen LogP contribution in [0.5, 0.6) is 0 Å². The Bertz CT molecular complexity index is 482. The third kappa shape index (κ3) is 4.09. The lowest BCUT2D eigenvalue weighted by Crippen LogP contribution is -2.27. The van der Waals surface area contributed by atoms with Gasteiger partial charge >= 0.3 is 5.97 Å². The van der Waals surface area contributed by atoms with E-state index in [2.05, 4.69) is 23.5 Å². The molecule has 4 heteroatoms. The third-order valence-electron chi connectivity index (χ3n) is 3.46. The fourth-order valence-electron chi connectivity index (χ4n) is 2.49. The fourth-order valence-corrected chi connectivity index (χ4v) is 2.49. The number of rotatable bonds is 5. The third-order valence-corrected chi connectivity index (χ3v) is 3.46. The fraction of sp³-hybridized carbons (Fsp3) is 0.467. The lowest BCUT2D eigenvalue weighted by molar-refractivity contribution is -0.140. The van der Waals surface area contributed by atoms with Gasteiger partial charge in [0.2, 0.25) is 5.91 Å². The van der Waals surface area contributed by atoms with E-state index in [1.807, 2.05) is 0 Å². The number of hydrogen-bond donors (Lipinski definition) is 2. The molecule has 1 aliphatic carbocycles. The van der Waals surface area contributed by atoms with Crippen molar-refractivity contribution in [3.8, 4) is 0 Å². The maximum Gasteiger partial charge on any atom is 0.312 e. The molecular weight excluding hydrogens is 242 g/mol. The Morgan fingerprint density at radius 3 is 2.63 bits per heavy atom. The molecule has 0 atom stereocenters. The summed E-state index contributed by atoms with van der Waals surface area (Å²) in [6.07, 6.45) is 5.14. The molecule has 1 aliphatic rings. The maximum absolute atomic E-state index is 11.2. The van der Waals surface area contributed by atoms with Crippen molar-refractivity contribution in [3.05, 3.63) is 34.9 Å². The highest BCUT2D eigenvalue weighted by Gasteiger charge is 2.10. The van der Waals surface area contributed by atoms with Crippen LogP contribution in [0.15, 0.2) is 18.2 Å². The molecule has 0 spiro atoms. The number of nitrogens with one attached hydrogen (secondary N) is 1. The number of amides is 1. The molecular formula is C15H19NO3. The van der Waals surface area contributed by atoms with Gasteiger partial charge in [0.05, 0.1) is 0 Å². The number of fused-ring (bicyclic) bond motifs is 1. The smallest absolute Gasteiger partial charge is 0.312 e. The van der Waals surface area contributed by atoms with Crippen molar-refractivity contribution in [1.29, 1.82) is 0 Å². The van der Waals surface area contributed by atoms with Crippen LogP contribution in [0.1, 0.15) is 36.0 Å². The van der Waals surface area contributed by atoms with Crippen LogP contribution in [-0.2, 0) is 28.9 Å². The highest BCUT2D eigenvalue weighted by molar-refractivity contribution is 5.93. The quantitative estimate of drug-likeness (QED) is 0.793. The monoisotopic (exact) mass is 261 g/mol. The highest BCUT2D eigenvalue weighted by Crippen LogP contribution is 2.22. The predicted molar refractivity (Wildman–Crippen MR) is 72.1 cm³/mol. The first-order chi connectivity index (χ1) is 9.15. The number of aliphatic carboxylic acids is 1. The van der Waals surface area contributed by atoms with Gasteiger partial charge in [-0.25, -0.2) is 0 Å². The van der Waals surface area contributed by atoms with Gasteiger partial charge in [0.1, 0.15) is 6.42 Å². The molecule has 0 bridgehead atoms. The Kier molecular flexibility index (Phi) is 4.55. The molecule has 0 aromatic heterocycles. The zero-order valence-corrected chi connectivity index (χ0v) is 10.9. The Balaban J connectivity index is 1.83. The number of carboxylic acid groups (broad SMARTS) is 1. The van der Waals surface area contributed by atoms with Crippen molar-refractivity contribution in [2.45, 2.75) is 38.5 Å². The molecule has 0 unspecified atom stereocenters. The van der Waals surface area contributed by atoms with Crippen LogP contribution in [0, 0.1) is 0 Å². The summed E-state index contributed by atoms with van der Waals surface area (Å²) in [6.45, 7) is 0.491. The van der Waals surface area contributed by atoms with Gasteiger partial charge in [-0.2, -0.15) is 0 Å². The first-order valence-electron chi connectivity index (χ1n) is 6.74. The summed E-state index contributed by atoms with van der Waals surface area (Å²) in [5, 5.41) is 11.1. The average Bonchev–Trinajstić information content (AvgIpc) is 2.37. The second kappa shape index (κ2) is 6.36. The highest BCUT2D eigenvalue weighted by atomic mass is 16.4. The van der Waals surface area contributed by atoms with Crippen LogP contribution in [0.25, 0.3) is 0 Å². The van der Waals surface area contributed by atoms with E-state index in [1.165, 1.54) is 36.0 Å². The summed E-state index contributed by atoms with van der Waals surface area (Å²) in [5.74, 6) is -1.52. The summed E-state index contributed by atoms with van der Waals surface area (Å²) in [4.78, 5) is 21.5. The van der Waals surface area contributed by atoms with Crippen molar-refractivity contribution in [2.75, 3.05) is 6.54 Å². The van der Waals surface area contributed by atoms with Gasteiger partial charge < -0.3 is 10.4 Å². The van der Waals surface area contributed by atoms with Crippen LogP contribution < -0.4 is 5.32 Å². The predicted octanol–water partition coefficient (Wildman–Crippen LogP) is 1.70. The van der Waals surface area contributed by atoms with Crippen LogP contribution in [-0.4, -0.2) is 23.5 Å². The molecule has 0 heterocycles. The first-order valence-corrected chi connectivity index (χ1v) is 6.74. The Morgan fingerprint density at radius 2 is 1.89 bits per heavy atom. The van der Waals surface area contributed by atoms with Crippen molar-refractivity contribution >= 4 is 11.9 Å². The molecule has 19 heavy (non-hydrogen) atoms. The average molecular weight is 261 g/mol. The van der Waals surface area contributed by atoms with Crippen LogP contribution in [0.3, 0.4) is 0 Å². The maximum atomic E-state index is 11.2.